The second-order valence-corrected chi connectivity index (χ2v) is 10.9. The summed E-state index contributed by atoms with van der Waals surface area (Å²) < 4.78 is 0. The molecule has 15 heteroatoms. The molecule has 0 saturated heterocycles. The SMILES string of the molecule is C#CCNC.NC(CCC(=O)NC(CSCC(=O)NC(C=O)Cc1ccc(C(=O)c2ccccc2)cc1)C(=O)NCC(=O)O)C(=O)O. The van der Waals surface area contributed by atoms with E-state index in [9.17, 15) is 33.6 Å². The van der Waals surface area contributed by atoms with Gasteiger partial charge in [0.15, 0.2) is 5.78 Å². The van der Waals surface area contributed by atoms with Crippen LogP contribution in [-0.2, 0) is 35.2 Å². The van der Waals surface area contributed by atoms with Crippen molar-refractivity contribution in [2.24, 2.45) is 5.73 Å². The number of carbonyl (C=O) groups excluding carboxylic acids is 5. The Morgan fingerprint density at radius 3 is 2.13 bits per heavy atom. The molecule has 3 amide bonds. The first-order chi connectivity index (χ1) is 22.4. The fourth-order valence-corrected chi connectivity index (χ4v) is 4.56. The zero-order chi connectivity index (χ0) is 35.2. The lowest BCUT2D eigenvalue weighted by Crippen LogP contribution is -2.49. The molecule has 0 aliphatic carbocycles. The maximum absolute atomic E-state index is 12.6. The summed E-state index contributed by atoms with van der Waals surface area (Å²) in [5, 5.41) is 27.5. The monoisotopic (exact) mass is 669 g/mol. The van der Waals surface area contributed by atoms with Crippen molar-refractivity contribution in [3.63, 3.8) is 0 Å². The third kappa shape index (κ3) is 16.7. The van der Waals surface area contributed by atoms with E-state index in [1.54, 1.807) is 48.5 Å². The predicted molar refractivity (Wildman–Crippen MR) is 176 cm³/mol. The number of rotatable bonds is 19. The van der Waals surface area contributed by atoms with Crippen LogP contribution in [0, 0.1) is 12.3 Å². The summed E-state index contributed by atoms with van der Waals surface area (Å²) in [6.45, 7) is -0.0251. The zero-order valence-electron chi connectivity index (χ0n) is 25.8. The number of nitrogens with one attached hydrogen (secondary N) is 4. The van der Waals surface area contributed by atoms with E-state index >= 15 is 0 Å². The maximum Gasteiger partial charge on any atom is 0.322 e. The van der Waals surface area contributed by atoms with Gasteiger partial charge in [-0.15, -0.1) is 18.2 Å². The highest BCUT2D eigenvalue weighted by Crippen LogP contribution is 2.12. The van der Waals surface area contributed by atoms with E-state index in [1.165, 1.54) is 0 Å². The Hall–Kier alpha value is -5.04. The Balaban J connectivity index is 0.00000204. The van der Waals surface area contributed by atoms with Crippen LogP contribution >= 0.6 is 11.8 Å². The van der Waals surface area contributed by atoms with Gasteiger partial charge in [0.1, 0.15) is 24.9 Å². The van der Waals surface area contributed by atoms with Crippen LogP contribution in [0.2, 0.25) is 0 Å². The summed E-state index contributed by atoms with van der Waals surface area (Å²) in [5.74, 6) is -2.62. The van der Waals surface area contributed by atoms with Crippen molar-refractivity contribution in [2.45, 2.75) is 37.4 Å². The Morgan fingerprint density at radius 1 is 0.957 bits per heavy atom. The van der Waals surface area contributed by atoms with E-state index in [-0.39, 0.29) is 36.6 Å². The number of amides is 3. The van der Waals surface area contributed by atoms with Gasteiger partial charge in [0.25, 0.3) is 0 Å². The summed E-state index contributed by atoms with van der Waals surface area (Å²) in [6, 6.07) is 12.1. The Morgan fingerprint density at radius 2 is 1.60 bits per heavy atom. The van der Waals surface area contributed by atoms with Crippen molar-refractivity contribution in [1.82, 2.24) is 21.3 Å². The van der Waals surface area contributed by atoms with Crippen molar-refractivity contribution in [1.29, 1.82) is 0 Å². The number of hydrogen-bond acceptors (Lipinski definition) is 10. The summed E-state index contributed by atoms with van der Waals surface area (Å²) >= 11 is 0.958. The van der Waals surface area contributed by atoms with Crippen molar-refractivity contribution in [3.05, 3.63) is 71.3 Å². The molecule has 0 fully saturated rings. The first-order valence-electron chi connectivity index (χ1n) is 14.3. The number of aldehydes is 1. The third-order valence-corrected chi connectivity index (χ3v) is 7.12. The highest BCUT2D eigenvalue weighted by Gasteiger charge is 2.23. The molecule has 0 spiro atoms. The average Bonchev–Trinajstić information content (AvgIpc) is 3.06. The van der Waals surface area contributed by atoms with Gasteiger partial charge in [0, 0.05) is 23.3 Å². The number of terminal acetylenes is 1. The fourth-order valence-electron chi connectivity index (χ4n) is 3.70. The van der Waals surface area contributed by atoms with Gasteiger partial charge >= 0.3 is 11.9 Å². The largest absolute Gasteiger partial charge is 0.480 e. The number of carbonyl (C=O) groups is 7. The van der Waals surface area contributed by atoms with Gasteiger partial charge in [0.2, 0.25) is 17.7 Å². The molecule has 0 saturated carbocycles. The van der Waals surface area contributed by atoms with Gasteiger partial charge in [-0.05, 0) is 25.5 Å². The van der Waals surface area contributed by atoms with E-state index in [0.29, 0.717) is 29.5 Å². The average molecular weight is 670 g/mol. The Bertz CT molecular complexity index is 1400. The smallest absolute Gasteiger partial charge is 0.322 e. The lowest BCUT2D eigenvalue weighted by atomic mass is 10.00. The molecular weight excluding hydrogens is 630 g/mol. The molecule has 0 aliphatic heterocycles. The van der Waals surface area contributed by atoms with Gasteiger partial charge in [-0.1, -0.05) is 60.5 Å². The van der Waals surface area contributed by atoms with E-state index in [2.05, 4.69) is 27.2 Å². The molecule has 2 rings (SSSR count). The van der Waals surface area contributed by atoms with Crippen LogP contribution in [0.5, 0.6) is 0 Å². The summed E-state index contributed by atoms with van der Waals surface area (Å²) in [5.41, 5.74) is 7.12. The second kappa shape index (κ2) is 22.5. The van der Waals surface area contributed by atoms with Crippen molar-refractivity contribution in [3.8, 4) is 12.3 Å². The number of carboxylic acids is 2. The Kier molecular flexibility index (Phi) is 19.1. The molecule has 0 aliphatic rings. The molecule has 8 N–H and O–H groups in total. The molecule has 0 radical (unpaired) electrons. The van der Waals surface area contributed by atoms with Crippen LogP contribution in [0.15, 0.2) is 54.6 Å². The number of ketones is 1. The molecule has 2 aromatic carbocycles. The van der Waals surface area contributed by atoms with Gasteiger partial charge < -0.3 is 42.0 Å². The molecule has 2 aromatic rings. The van der Waals surface area contributed by atoms with E-state index in [0.717, 1.165) is 11.8 Å². The van der Waals surface area contributed by atoms with Crippen molar-refractivity contribution < 1.29 is 43.8 Å². The number of aliphatic carboxylic acids is 2. The molecule has 0 bridgehead atoms. The topological polar surface area (TPSA) is 234 Å². The van der Waals surface area contributed by atoms with Crippen LogP contribution < -0.4 is 27.0 Å². The third-order valence-electron chi connectivity index (χ3n) is 6.08. The number of hydrogen-bond donors (Lipinski definition) is 7. The highest BCUT2D eigenvalue weighted by atomic mass is 32.2. The number of thioether (sulfide) groups is 1. The standard InChI is InChI=1S/C28H32N4O9S.C4H7N/c29-21(28(40)41)10-11-23(34)32-22(27(39)30-13-25(36)37)15-42-16-24(35)31-20(14-33)12-17-6-8-19(9-7-17)26(38)18-4-2-1-3-5-18;1-3-4-5-2/h1-9,14,20-22H,10-13,15-16,29H2,(H,30,39)(H,31,35)(H,32,34)(H,36,37)(H,40,41);1,5H,4H2,2H3. The van der Waals surface area contributed by atoms with Gasteiger partial charge in [-0.2, -0.15) is 0 Å². The second-order valence-electron chi connectivity index (χ2n) is 9.87. The van der Waals surface area contributed by atoms with Crippen LogP contribution in [0.4, 0.5) is 0 Å². The van der Waals surface area contributed by atoms with Gasteiger partial charge in [-0.25, -0.2) is 0 Å². The van der Waals surface area contributed by atoms with Crippen molar-refractivity contribution >= 4 is 53.5 Å². The molecule has 14 nitrogen and oxygen atoms in total. The summed E-state index contributed by atoms with van der Waals surface area (Å²) in [4.78, 5) is 82.8. The molecule has 3 atom stereocenters. The molecule has 252 valence electrons. The lowest BCUT2D eigenvalue weighted by Gasteiger charge is -2.18. The van der Waals surface area contributed by atoms with E-state index in [1.807, 2.05) is 13.1 Å². The minimum absolute atomic E-state index is 0.113. The maximum atomic E-state index is 12.6. The summed E-state index contributed by atoms with van der Waals surface area (Å²) in [6.07, 6.45) is 5.11. The summed E-state index contributed by atoms with van der Waals surface area (Å²) in [7, 11) is 1.82. The van der Waals surface area contributed by atoms with Crippen LogP contribution in [-0.4, -0.2) is 102 Å². The quantitative estimate of drug-likeness (QED) is 0.0575. The minimum atomic E-state index is -1.30. The molecule has 0 aromatic heterocycles. The lowest BCUT2D eigenvalue weighted by molar-refractivity contribution is -0.139. The van der Waals surface area contributed by atoms with Crippen molar-refractivity contribution in [2.75, 3.05) is 31.6 Å². The number of carboxylic acid groups (broad SMARTS) is 2. The molecular formula is C32H39N5O9S. The highest BCUT2D eigenvalue weighted by molar-refractivity contribution is 8.00. The molecule has 47 heavy (non-hydrogen) atoms. The first-order valence-corrected chi connectivity index (χ1v) is 15.4. The van der Waals surface area contributed by atoms with Crippen LogP contribution in [0.3, 0.4) is 0 Å². The van der Waals surface area contributed by atoms with Crippen LogP contribution in [0.1, 0.15) is 34.3 Å². The number of benzene rings is 2. The first kappa shape index (κ1) is 40.0. The van der Waals surface area contributed by atoms with Gasteiger partial charge in [-0.3, -0.25) is 28.8 Å². The zero-order valence-corrected chi connectivity index (χ0v) is 26.6. The van der Waals surface area contributed by atoms with Crippen LogP contribution in [0.25, 0.3) is 0 Å². The predicted octanol–water partition coefficient (Wildman–Crippen LogP) is -0.406. The Labute approximate surface area is 276 Å². The van der Waals surface area contributed by atoms with Gasteiger partial charge in [0.05, 0.1) is 18.3 Å². The van der Waals surface area contributed by atoms with E-state index in [4.69, 9.17) is 22.4 Å². The number of nitrogens with two attached hydrogens (primary N) is 1. The molecule has 3 unspecified atom stereocenters. The fraction of sp³-hybridized carbons (Fsp3) is 0.344. The molecule has 0 heterocycles. The van der Waals surface area contributed by atoms with E-state index < -0.39 is 54.3 Å². The minimum Gasteiger partial charge on any atom is -0.480 e. The normalized spacial score (nSPS) is 12.0.